The molecule has 0 saturated carbocycles. The first-order valence-electron chi connectivity index (χ1n) is 8.03. The molecule has 0 N–H and O–H groups in total. The number of likely N-dealkylation sites (N-methyl/N-ethyl adjacent to an activating group) is 1. The van der Waals surface area contributed by atoms with Crippen LogP contribution in [0.25, 0.3) is 0 Å². The highest BCUT2D eigenvalue weighted by Crippen LogP contribution is 2.23. The van der Waals surface area contributed by atoms with E-state index in [1.165, 1.54) is 11.3 Å². The van der Waals surface area contributed by atoms with E-state index in [2.05, 4.69) is 16.9 Å². The van der Waals surface area contributed by atoms with E-state index >= 15 is 0 Å². The van der Waals surface area contributed by atoms with Crippen LogP contribution in [0, 0.1) is 0 Å². The number of hydrogen-bond donors (Lipinski definition) is 0. The maximum absolute atomic E-state index is 12.4. The SMILES string of the molecule is CN(Cc1cnc(Cl)s1)CC1CCCCN1C(=O)OC(C)(C)C. The standard InChI is InChI=1S/C16H26ClN3O2S/c1-16(2,3)22-15(21)20-8-6-5-7-12(20)10-19(4)11-13-9-18-14(17)23-13/h9,12H,5-8,10-11H2,1-4H3. The second kappa shape index (κ2) is 7.81. The van der Waals surface area contributed by atoms with Crippen LogP contribution >= 0.6 is 22.9 Å². The van der Waals surface area contributed by atoms with E-state index in [9.17, 15) is 4.79 Å². The molecule has 0 radical (unpaired) electrons. The lowest BCUT2D eigenvalue weighted by molar-refractivity contribution is 0.00589. The summed E-state index contributed by atoms with van der Waals surface area (Å²) >= 11 is 7.38. The molecule has 130 valence electrons. The minimum atomic E-state index is -0.454. The van der Waals surface area contributed by atoms with Gasteiger partial charge >= 0.3 is 6.09 Å². The molecular formula is C16H26ClN3O2S. The minimum Gasteiger partial charge on any atom is -0.444 e. The van der Waals surface area contributed by atoms with Gasteiger partial charge in [0.2, 0.25) is 0 Å². The van der Waals surface area contributed by atoms with Gasteiger partial charge in [0, 0.05) is 36.8 Å². The third-order valence-corrected chi connectivity index (χ3v) is 4.83. The molecule has 1 unspecified atom stereocenters. The molecular weight excluding hydrogens is 334 g/mol. The van der Waals surface area contributed by atoms with E-state index in [0.717, 1.165) is 43.8 Å². The molecule has 1 aromatic heterocycles. The van der Waals surface area contributed by atoms with Gasteiger partial charge in [0.1, 0.15) is 5.60 Å². The number of halogens is 1. The Morgan fingerprint density at radius 1 is 1.52 bits per heavy atom. The van der Waals surface area contributed by atoms with Crippen LogP contribution in [0.3, 0.4) is 0 Å². The minimum absolute atomic E-state index is 0.198. The van der Waals surface area contributed by atoms with Crippen molar-refractivity contribution in [2.24, 2.45) is 0 Å². The van der Waals surface area contributed by atoms with Gasteiger partial charge in [-0.15, -0.1) is 11.3 Å². The number of likely N-dealkylation sites (tertiary alicyclic amines) is 1. The van der Waals surface area contributed by atoms with E-state index in [0.29, 0.717) is 4.47 Å². The van der Waals surface area contributed by atoms with Crippen molar-refractivity contribution < 1.29 is 9.53 Å². The predicted octanol–water partition coefficient (Wildman–Crippen LogP) is 4.02. The molecule has 1 atom stereocenters. The van der Waals surface area contributed by atoms with Crippen LogP contribution < -0.4 is 0 Å². The summed E-state index contributed by atoms with van der Waals surface area (Å²) in [6.07, 6.45) is 4.84. The van der Waals surface area contributed by atoms with Gasteiger partial charge in [-0.3, -0.25) is 4.90 Å². The summed E-state index contributed by atoms with van der Waals surface area (Å²) in [6, 6.07) is 0.201. The molecule has 5 nitrogen and oxygen atoms in total. The Hall–Kier alpha value is -0.850. The zero-order valence-corrected chi connectivity index (χ0v) is 15.9. The average molecular weight is 360 g/mol. The molecule has 0 bridgehead atoms. The van der Waals surface area contributed by atoms with Crippen LogP contribution in [-0.4, -0.2) is 52.7 Å². The first-order chi connectivity index (χ1) is 10.7. The second-order valence-electron chi connectivity index (χ2n) is 7.10. The van der Waals surface area contributed by atoms with E-state index < -0.39 is 5.60 Å². The van der Waals surface area contributed by atoms with Crippen molar-refractivity contribution in [3.05, 3.63) is 15.5 Å². The molecule has 1 fully saturated rings. The number of nitrogens with zero attached hydrogens (tertiary/aromatic N) is 3. The van der Waals surface area contributed by atoms with Crippen molar-refractivity contribution in [1.82, 2.24) is 14.8 Å². The number of amides is 1. The molecule has 1 aromatic rings. The van der Waals surface area contributed by atoms with Crippen molar-refractivity contribution in [2.75, 3.05) is 20.1 Å². The molecule has 2 heterocycles. The molecule has 1 aliphatic rings. The number of thiazole rings is 1. The normalized spacial score (nSPS) is 19.2. The summed E-state index contributed by atoms with van der Waals surface area (Å²) < 4.78 is 6.12. The summed E-state index contributed by atoms with van der Waals surface area (Å²) in [5, 5.41) is 0. The first-order valence-corrected chi connectivity index (χ1v) is 9.22. The average Bonchev–Trinajstić information content (AvgIpc) is 2.82. The fourth-order valence-corrected chi connectivity index (χ4v) is 3.86. The van der Waals surface area contributed by atoms with Crippen LogP contribution in [0.2, 0.25) is 4.47 Å². The molecule has 7 heteroatoms. The highest BCUT2D eigenvalue weighted by molar-refractivity contribution is 7.15. The van der Waals surface area contributed by atoms with Crippen LogP contribution in [0.5, 0.6) is 0 Å². The van der Waals surface area contributed by atoms with Crippen LogP contribution in [-0.2, 0) is 11.3 Å². The third-order valence-electron chi connectivity index (χ3n) is 3.73. The predicted molar refractivity (Wildman–Crippen MR) is 94.0 cm³/mol. The smallest absolute Gasteiger partial charge is 0.410 e. The summed E-state index contributed by atoms with van der Waals surface area (Å²) in [6.45, 7) is 8.12. The molecule has 1 aliphatic heterocycles. The fraction of sp³-hybridized carbons (Fsp3) is 0.750. The van der Waals surface area contributed by atoms with Crippen LogP contribution in [0.1, 0.15) is 44.9 Å². The fourth-order valence-electron chi connectivity index (χ4n) is 2.80. The topological polar surface area (TPSA) is 45.7 Å². The number of aromatic nitrogens is 1. The summed E-state index contributed by atoms with van der Waals surface area (Å²) in [4.78, 5) is 21.7. The zero-order valence-electron chi connectivity index (χ0n) is 14.3. The number of carbonyl (C=O) groups is 1. The first kappa shape index (κ1) is 18.5. The van der Waals surface area contributed by atoms with E-state index in [1.54, 1.807) is 0 Å². The maximum Gasteiger partial charge on any atom is 0.410 e. The van der Waals surface area contributed by atoms with Gasteiger partial charge in [-0.1, -0.05) is 11.6 Å². The lowest BCUT2D eigenvalue weighted by Gasteiger charge is -2.38. The number of carbonyl (C=O) groups excluding carboxylic acids is 1. The molecule has 1 amide bonds. The van der Waals surface area contributed by atoms with Crippen molar-refractivity contribution in [3.63, 3.8) is 0 Å². The number of ether oxygens (including phenoxy) is 1. The van der Waals surface area contributed by atoms with Gasteiger partial charge in [-0.25, -0.2) is 9.78 Å². The van der Waals surface area contributed by atoms with Gasteiger partial charge in [-0.05, 0) is 47.1 Å². The zero-order chi connectivity index (χ0) is 17.0. The Balaban J connectivity index is 1.93. The second-order valence-corrected chi connectivity index (χ2v) is 8.80. The molecule has 0 spiro atoms. The van der Waals surface area contributed by atoms with Crippen LogP contribution in [0.4, 0.5) is 4.79 Å². The van der Waals surface area contributed by atoms with Crippen molar-refractivity contribution >= 4 is 29.0 Å². The Kier molecular flexibility index (Phi) is 6.28. The van der Waals surface area contributed by atoms with Gasteiger partial charge < -0.3 is 9.64 Å². The van der Waals surface area contributed by atoms with E-state index in [4.69, 9.17) is 16.3 Å². The van der Waals surface area contributed by atoms with E-state index in [1.807, 2.05) is 31.9 Å². The number of piperidine rings is 1. The molecule has 0 aliphatic carbocycles. The third kappa shape index (κ3) is 5.94. The monoisotopic (exact) mass is 359 g/mol. The van der Waals surface area contributed by atoms with Gasteiger partial charge in [0.05, 0.1) is 0 Å². The molecule has 2 rings (SSSR count). The summed E-state index contributed by atoms with van der Waals surface area (Å²) in [5.41, 5.74) is -0.454. The Morgan fingerprint density at radius 2 is 2.26 bits per heavy atom. The van der Waals surface area contributed by atoms with Gasteiger partial charge in [0.15, 0.2) is 4.47 Å². The lowest BCUT2D eigenvalue weighted by Crippen LogP contribution is -2.50. The van der Waals surface area contributed by atoms with Crippen molar-refractivity contribution in [3.8, 4) is 0 Å². The highest BCUT2D eigenvalue weighted by atomic mass is 35.5. The highest BCUT2D eigenvalue weighted by Gasteiger charge is 2.31. The molecule has 23 heavy (non-hydrogen) atoms. The molecule has 1 saturated heterocycles. The summed E-state index contributed by atoms with van der Waals surface area (Å²) in [5.74, 6) is 0. The Labute approximate surface area is 147 Å². The number of rotatable bonds is 4. The number of hydrogen-bond acceptors (Lipinski definition) is 5. The van der Waals surface area contributed by atoms with E-state index in [-0.39, 0.29) is 12.1 Å². The molecule has 0 aromatic carbocycles. The summed E-state index contributed by atoms with van der Waals surface area (Å²) in [7, 11) is 2.06. The van der Waals surface area contributed by atoms with Gasteiger partial charge in [0.25, 0.3) is 0 Å². The van der Waals surface area contributed by atoms with Gasteiger partial charge in [-0.2, -0.15) is 0 Å². The Bertz CT molecular complexity index is 530. The Morgan fingerprint density at radius 3 is 2.87 bits per heavy atom. The quantitative estimate of drug-likeness (QED) is 0.814. The van der Waals surface area contributed by atoms with Crippen molar-refractivity contribution in [2.45, 2.75) is 58.2 Å². The van der Waals surface area contributed by atoms with Crippen molar-refractivity contribution in [1.29, 1.82) is 0 Å². The van der Waals surface area contributed by atoms with Crippen LogP contribution in [0.15, 0.2) is 6.20 Å². The lowest BCUT2D eigenvalue weighted by atomic mass is 10.0. The maximum atomic E-state index is 12.4. The largest absolute Gasteiger partial charge is 0.444 e.